The molecule has 0 spiro atoms. The van der Waals surface area contributed by atoms with E-state index in [1.165, 1.54) is 0 Å². The Kier molecular flexibility index (Phi) is 4.90. The molecule has 3 amide bonds. The lowest BCUT2D eigenvalue weighted by Crippen LogP contribution is -2.35. The number of furan rings is 1. The van der Waals surface area contributed by atoms with Crippen molar-refractivity contribution in [3.8, 4) is 0 Å². The molecule has 1 heterocycles. The molecule has 0 aliphatic heterocycles. The van der Waals surface area contributed by atoms with E-state index in [0.29, 0.717) is 21.6 Å². The number of primary amides is 1. The molecule has 0 atom stereocenters. The molecule has 0 fully saturated rings. The van der Waals surface area contributed by atoms with Gasteiger partial charge in [-0.25, -0.2) is 0 Å². The molecule has 0 aliphatic carbocycles. The second-order valence-electron chi connectivity index (χ2n) is 5.39. The summed E-state index contributed by atoms with van der Waals surface area (Å²) >= 11 is 6.01. The maximum Gasteiger partial charge on any atom is 0.313 e. The number of carbonyl (C=O) groups is 3. The molecule has 8 heteroatoms. The van der Waals surface area contributed by atoms with Crippen molar-refractivity contribution in [1.29, 1.82) is 0 Å². The second-order valence-corrected chi connectivity index (χ2v) is 5.80. The van der Waals surface area contributed by atoms with Crippen LogP contribution in [0.25, 0.3) is 11.0 Å². The largest absolute Gasteiger partial charge is 0.449 e. The van der Waals surface area contributed by atoms with Gasteiger partial charge in [0, 0.05) is 17.0 Å². The Morgan fingerprint density at radius 1 is 1.00 bits per heavy atom. The van der Waals surface area contributed by atoms with E-state index in [-0.39, 0.29) is 18.0 Å². The minimum absolute atomic E-state index is 0.0611. The molecule has 0 aliphatic rings. The average molecular weight is 372 g/mol. The molecule has 1 aromatic heterocycles. The number of hydrogen-bond donors (Lipinski definition) is 3. The maximum absolute atomic E-state index is 12.2. The molecule has 26 heavy (non-hydrogen) atoms. The number of nitrogens with one attached hydrogen (secondary N) is 2. The Hall–Kier alpha value is -3.32. The zero-order chi connectivity index (χ0) is 18.7. The van der Waals surface area contributed by atoms with Crippen LogP contribution in [0, 0.1) is 0 Å². The fourth-order valence-corrected chi connectivity index (χ4v) is 2.61. The third-order valence-electron chi connectivity index (χ3n) is 3.66. The van der Waals surface area contributed by atoms with Crippen LogP contribution in [0.5, 0.6) is 0 Å². The van der Waals surface area contributed by atoms with Crippen molar-refractivity contribution in [3.05, 3.63) is 64.9 Å². The summed E-state index contributed by atoms with van der Waals surface area (Å²) in [6, 6.07) is 13.6. The van der Waals surface area contributed by atoms with Crippen molar-refractivity contribution in [2.45, 2.75) is 6.54 Å². The number of para-hydroxylation sites is 1. The Bertz CT molecular complexity index is 1010. The highest BCUT2D eigenvalue weighted by Gasteiger charge is 2.23. The number of amides is 3. The van der Waals surface area contributed by atoms with Gasteiger partial charge in [0.1, 0.15) is 11.3 Å². The first-order chi connectivity index (χ1) is 12.5. The molecule has 7 nitrogen and oxygen atoms in total. The molecular formula is C18H14ClN3O4. The van der Waals surface area contributed by atoms with E-state index in [1.807, 2.05) is 0 Å². The average Bonchev–Trinajstić information content (AvgIpc) is 2.99. The van der Waals surface area contributed by atoms with Gasteiger partial charge in [0.05, 0.1) is 0 Å². The summed E-state index contributed by atoms with van der Waals surface area (Å²) in [5, 5.41) is 5.80. The zero-order valence-corrected chi connectivity index (χ0v) is 14.2. The van der Waals surface area contributed by atoms with Crippen molar-refractivity contribution < 1.29 is 18.8 Å². The van der Waals surface area contributed by atoms with E-state index >= 15 is 0 Å². The van der Waals surface area contributed by atoms with E-state index in [1.54, 1.807) is 48.5 Å². The lowest BCUT2D eigenvalue weighted by Gasteiger charge is -2.07. The van der Waals surface area contributed by atoms with Crippen LogP contribution in [0.3, 0.4) is 0 Å². The van der Waals surface area contributed by atoms with Gasteiger partial charge in [-0.05, 0) is 23.8 Å². The van der Waals surface area contributed by atoms with Gasteiger partial charge in [-0.2, -0.15) is 0 Å². The van der Waals surface area contributed by atoms with E-state index in [0.717, 1.165) is 0 Å². The van der Waals surface area contributed by atoms with Gasteiger partial charge in [0.15, 0.2) is 0 Å². The summed E-state index contributed by atoms with van der Waals surface area (Å²) in [5.41, 5.74) is 6.38. The first-order valence-corrected chi connectivity index (χ1v) is 7.99. The van der Waals surface area contributed by atoms with E-state index in [2.05, 4.69) is 10.6 Å². The SMILES string of the molecule is NC(=O)c1oc2ccccc2c1NC(=O)C(=O)NCc1ccccc1Cl. The van der Waals surface area contributed by atoms with Crippen LogP contribution in [-0.4, -0.2) is 17.7 Å². The van der Waals surface area contributed by atoms with E-state index < -0.39 is 17.7 Å². The number of hydrogen-bond acceptors (Lipinski definition) is 4. The summed E-state index contributed by atoms with van der Waals surface area (Å²) < 4.78 is 5.35. The van der Waals surface area contributed by atoms with Crippen molar-refractivity contribution in [2.24, 2.45) is 5.73 Å². The van der Waals surface area contributed by atoms with Crippen LogP contribution >= 0.6 is 11.6 Å². The first kappa shape index (κ1) is 17.5. The number of nitrogens with two attached hydrogens (primary N) is 1. The lowest BCUT2D eigenvalue weighted by molar-refractivity contribution is -0.136. The predicted octanol–water partition coefficient (Wildman–Crippen LogP) is 2.44. The van der Waals surface area contributed by atoms with Crippen molar-refractivity contribution in [2.75, 3.05) is 5.32 Å². The number of anilines is 1. The van der Waals surface area contributed by atoms with Gasteiger partial charge in [-0.1, -0.05) is 41.9 Å². The Morgan fingerprint density at radius 3 is 2.42 bits per heavy atom. The van der Waals surface area contributed by atoms with Gasteiger partial charge in [0.2, 0.25) is 5.76 Å². The van der Waals surface area contributed by atoms with Crippen LogP contribution in [-0.2, 0) is 16.1 Å². The van der Waals surface area contributed by atoms with Crippen molar-refractivity contribution in [3.63, 3.8) is 0 Å². The highest BCUT2D eigenvalue weighted by Crippen LogP contribution is 2.30. The molecule has 0 unspecified atom stereocenters. The van der Waals surface area contributed by atoms with E-state index in [4.69, 9.17) is 21.8 Å². The maximum atomic E-state index is 12.2. The van der Waals surface area contributed by atoms with Crippen LogP contribution in [0.15, 0.2) is 52.9 Å². The number of rotatable bonds is 4. The quantitative estimate of drug-likeness (QED) is 0.611. The molecule has 132 valence electrons. The van der Waals surface area contributed by atoms with Crippen LogP contribution in [0.1, 0.15) is 16.1 Å². The van der Waals surface area contributed by atoms with E-state index in [9.17, 15) is 14.4 Å². The molecule has 0 saturated carbocycles. The lowest BCUT2D eigenvalue weighted by atomic mass is 10.2. The highest BCUT2D eigenvalue weighted by atomic mass is 35.5. The van der Waals surface area contributed by atoms with Crippen molar-refractivity contribution in [1.82, 2.24) is 5.32 Å². The molecule has 0 saturated heterocycles. The molecule has 4 N–H and O–H groups in total. The monoisotopic (exact) mass is 371 g/mol. The third-order valence-corrected chi connectivity index (χ3v) is 4.03. The molecule has 2 aromatic carbocycles. The van der Waals surface area contributed by atoms with Crippen LogP contribution < -0.4 is 16.4 Å². The summed E-state index contributed by atoms with van der Waals surface area (Å²) in [5.74, 6) is -2.91. The molecule has 3 aromatic rings. The smallest absolute Gasteiger partial charge is 0.313 e. The molecular weight excluding hydrogens is 358 g/mol. The predicted molar refractivity (Wildman–Crippen MR) is 96.7 cm³/mol. The topological polar surface area (TPSA) is 114 Å². The van der Waals surface area contributed by atoms with Gasteiger partial charge in [-0.3, -0.25) is 14.4 Å². The van der Waals surface area contributed by atoms with Crippen molar-refractivity contribution >= 4 is 46.0 Å². The molecule has 0 bridgehead atoms. The Labute approximate surface area is 153 Å². The standard InChI is InChI=1S/C18H14ClN3O4/c19-12-7-3-1-5-10(12)9-21-17(24)18(25)22-14-11-6-2-4-8-13(11)26-15(14)16(20)23/h1-8H,9H2,(H2,20,23)(H,21,24)(H,22,25). The highest BCUT2D eigenvalue weighted by molar-refractivity contribution is 6.40. The molecule has 0 radical (unpaired) electrons. The second kappa shape index (κ2) is 7.28. The minimum Gasteiger partial charge on any atom is -0.449 e. The minimum atomic E-state index is -0.953. The van der Waals surface area contributed by atoms with Gasteiger partial charge < -0.3 is 20.8 Å². The Balaban J connectivity index is 1.76. The molecule has 3 rings (SSSR count). The number of carbonyl (C=O) groups excluding carboxylic acids is 3. The van der Waals surface area contributed by atoms with Gasteiger partial charge in [0.25, 0.3) is 5.91 Å². The fraction of sp³-hybridized carbons (Fsp3) is 0.0556. The zero-order valence-electron chi connectivity index (χ0n) is 13.4. The number of halogens is 1. The third kappa shape index (κ3) is 3.52. The Morgan fingerprint density at radius 2 is 1.69 bits per heavy atom. The summed E-state index contributed by atoms with van der Waals surface area (Å²) in [4.78, 5) is 35.8. The number of fused-ring (bicyclic) bond motifs is 1. The summed E-state index contributed by atoms with van der Waals surface area (Å²) in [6.45, 7) is 0.0841. The fourth-order valence-electron chi connectivity index (χ4n) is 2.41. The van der Waals surface area contributed by atoms with Crippen LogP contribution in [0.4, 0.5) is 5.69 Å². The van der Waals surface area contributed by atoms with Crippen LogP contribution in [0.2, 0.25) is 5.02 Å². The summed E-state index contributed by atoms with van der Waals surface area (Å²) in [6.07, 6.45) is 0. The van der Waals surface area contributed by atoms with Gasteiger partial charge in [-0.15, -0.1) is 0 Å². The normalized spacial score (nSPS) is 10.5. The first-order valence-electron chi connectivity index (χ1n) is 7.61. The summed E-state index contributed by atoms with van der Waals surface area (Å²) in [7, 11) is 0. The van der Waals surface area contributed by atoms with Gasteiger partial charge >= 0.3 is 11.8 Å². The number of benzene rings is 2.